The SMILES string of the molecule is O=C(NCCS(=O)(=O)NC(=O)c1ncoc1-c1ccccc1)OCc1ccccc1. The van der Waals surface area contributed by atoms with Crippen LogP contribution in [0.3, 0.4) is 0 Å². The number of alkyl carbamates (subject to hydrolysis) is 1. The van der Waals surface area contributed by atoms with E-state index in [4.69, 9.17) is 9.15 Å². The predicted molar refractivity (Wildman–Crippen MR) is 108 cm³/mol. The van der Waals surface area contributed by atoms with Crippen LogP contribution in [0.1, 0.15) is 16.1 Å². The van der Waals surface area contributed by atoms with Gasteiger partial charge in [-0.1, -0.05) is 60.7 Å². The average Bonchev–Trinajstić information content (AvgIpc) is 3.23. The maximum atomic E-state index is 12.3. The van der Waals surface area contributed by atoms with Crippen LogP contribution >= 0.6 is 0 Å². The minimum absolute atomic E-state index is 0.0601. The van der Waals surface area contributed by atoms with Gasteiger partial charge in [-0.25, -0.2) is 22.9 Å². The average molecular weight is 429 g/mol. The molecular weight excluding hydrogens is 410 g/mol. The highest BCUT2D eigenvalue weighted by atomic mass is 32.2. The molecule has 0 saturated heterocycles. The van der Waals surface area contributed by atoms with Crippen LogP contribution in [0.5, 0.6) is 0 Å². The number of hydrogen-bond acceptors (Lipinski definition) is 7. The molecule has 3 aromatic rings. The Bertz CT molecular complexity index is 1100. The van der Waals surface area contributed by atoms with E-state index in [0.29, 0.717) is 5.56 Å². The lowest BCUT2D eigenvalue weighted by molar-refractivity contribution is 0.0977. The molecule has 2 aromatic carbocycles. The summed E-state index contributed by atoms with van der Waals surface area (Å²) in [6.07, 6.45) is 0.303. The fourth-order valence-electron chi connectivity index (χ4n) is 2.50. The van der Waals surface area contributed by atoms with E-state index >= 15 is 0 Å². The number of rotatable bonds is 8. The lowest BCUT2D eigenvalue weighted by Crippen LogP contribution is -2.37. The van der Waals surface area contributed by atoms with Crippen LogP contribution in [-0.2, 0) is 21.4 Å². The Morgan fingerprint density at radius 3 is 2.37 bits per heavy atom. The second-order valence-electron chi connectivity index (χ2n) is 6.13. The molecule has 0 aliphatic rings. The topological polar surface area (TPSA) is 128 Å². The Balaban J connectivity index is 1.49. The van der Waals surface area contributed by atoms with Gasteiger partial charge >= 0.3 is 6.09 Å². The zero-order chi connectivity index (χ0) is 21.4. The van der Waals surface area contributed by atoms with E-state index in [-0.39, 0.29) is 24.6 Å². The summed E-state index contributed by atoms with van der Waals surface area (Å²) in [5.74, 6) is -1.28. The van der Waals surface area contributed by atoms with Crippen molar-refractivity contribution < 1.29 is 27.2 Å². The van der Waals surface area contributed by atoms with Crippen molar-refractivity contribution in [1.82, 2.24) is 15.0 Å². The molecule has 2 N–H and O–H groups in total. The third-order valence-corrected chi connectivity index (χ3v) is 5.16. The van der Waals surface area contributed by atoms with E-state index in [1.165, 1.54) is 0 Å². The molecule has 156 valence electrons. The lowest BCUT2D eigenvalue weighted by atomic mass is 10.1. The molecule has 9 nitrogen and oxygen atoms in total. The Kier molecular flexibility index (Phi) is 6.81. The van der Waals surface area contributed by atoms with Crippen molar-refractivity contribution in [3.8, 4) is 11.3 Å². The van der Waals surface area contributed by atoms with Crippen LogP contribution < -0.4 is 10.0 Å². The summed E-state index contributed by atoms with van der Waals surface area (Å²) in [6, 6.07) is 17.7. The van der Waals surface area contributed by atoms with Crippen molar-refractivity contribution in [3.63, 3.8) is 0 Å². The lowest BCUT2D eigenvalue weighted by Gasteiger charge is -2.08. The summed E-state index contributed by atoms with van der Waals surface area (Å²) < 4.78 is 36.5. The molecule has 1 heterocycles. The third kappa shape index (κ3) is 5.92. The molecule has 30 heavy (non-hydrogen) atoms. The number of oxazole rings is 1. The molecule has 0 aliphatic carbocycles. The zero-order valence-corrected chi connectivity index (χ0v) is 16.6. The predicted octanol–water partition coefficient (Wildman–Crippen LogP) is 2.33. The summed E-state index contributed by atoms with van der Waals surface area (Å²) in [4.78, 5) is 27.8. The molecule has 10 heteroatoms. The second kappa shape index (κ2) is 9.70. The number of carbonyl (C=O) groups is 2. The smallest absolute Gasteiger partial charge is 0.407 e. The maximum absolute atomic E-state index is 12.3. The number of carbonyl (C=O) groups excluding carboxylic acids is 2. The molecule has 1 aromatic heterocycles. The minimum Gasteiger partial charge on any atom is -0.445 e. The van der Waals surface area contributed by atoms with Gasteiger partial charge in [0.15, 0.2) is 17.8 Å². The van der Waals surface area contributed by atoms with Crippen molar-refractivity contribution in [2.75, 3.05) is 12.3 Å². The number of hydrogen-bond donors (Lipinski definition) is 2. The first-order valence-corrected chi connectivity index (χ1v) is 10.6. The van der Waals surface area contributed by atoms with Gasteiger partial charge in [-0.05, 0) is 5.56 Å². The van der Waals surface area contributed by atoms with Gasteiger partial charge in [0, 0.05) is 12.1 Å². The molecule has 0 atom stereocenters. The van der Waals surface area contributed by atoms with Gasteiger partial charge in [0.25, 0.3) is 5.91 Å². The summed E-state index contributed by atoms with van der Waals surface area (Å²) in [5, 5.41) is 2.33. The summed E-state index contributed by atoms with van der Waals surface area (Å²) in [5.41, 5.74) is 1.23. The van der Waals surface area contributed by atoms with Crippen molar-refractivity contribution in [2.24, 2.45) is 0 Å². The maximum Gasteiger partial charge on any atom is 0.407 e. The molecule has 0 unspecified atom stereocenters. The number of nitrogens with zero attached hydrogens (tertiary/aromatic N) is 1. The Hall–Kier alpha value is -3.66. The van der Waals surface area contributed by atoms with Gasteiger partial charge in [-0.3, -0.25) is 4.79 Å². The van der Waals surface area contributed by atoms with Crippen LogP contribution in [0.25, 0.3) is 11.3 Å². The monoisotopic (exact) mass is 429 g/mol. The normalized spacial score (nSPS) is 10.9. The largest absolute Gasteiger partial charge is 0.445 e. The van der Waals surface area contributed by atoms with E-state index in [1.807, 2.05) is 22.9 Å². The zero-order valence-electron chi connectivity index (χ0n) is 15.8. The van der Waals surface area contributed by atoms with Gasteiger partial charge < -0.3 is 14.5 Å². The summed E-state index contributed by atoms with van der Waals surface area (Å²) >= 11 is 0. The summed E-state index contributed by atoms with van der Waals surface area (Å²) in [6.45, 7) is -0.175. The van der Waals surface area contributed by atoms with E-state index in [2.05, 4.69) is 10.3 Å². The van der Waals surface area contributed by atoms with Crippen molar-refractivity contribution in [1.29, 1.82) is 0 Å². The quantitative estimate of drug-likeness (QED) is 0.562. The van der Waals surface area contributed by atoms with E-state index in [9.17, 15) is 18.0 Å². The Morgan fingerprint density at radius 2 is 1.67 bits per heavy atom. The van der Waals surface area contributed by atoms with Crippen molar-refractivity contribution >= 4 is 22.0 Å². The molecular formula is C20H19N3O6S. The van der Waals surface area contributed by atoms with Crippen LogP contribution in [0.4, 0.5) is 4.79 Å². The van der Waals surface area contributed by atoms with Gasteiger partial charge in [-0.15, -0.1) is 0 Å². The molecule has 2 amide bonds. The standard InChI is InChI=1S/C20H19N3O6S/c24-19(17-18(29-14-22-17)16-9-5-2-6-10-16)23-30(26,27)12-11-21-20(25)28-13-15-7-3-1-4-8-15/h1-10,14H,11-13H2,(H,21,25)(H,23,24). The molecule has 0 spiro atoms. The number of aromatic nitrogens is 1. The fraction of sp³-hybridized carbons (Fsp3) is 0.150. The first-order valence-electron chi connectivity index (χ1n) is 8.93. The highest BCUT2D eigenvalue weighted by Crippen LogP contribution is 2.22. The van der Waals surface area contributed by atoms with Crippen LogP contribution in [0.15, 0.2) is 71.5 Å². The molecule has 0 saturated carbocycles. The van der Waals surface area contributed by atoms with Crippen LogP contribution in [-0.4, -0.2) is 37.7 Å². The van der Waals surface area contributed by atoms with E-state index < -0.39 is 27.8 Å². The highest BCUT2D eigenvalue weighted by molar-refractivity contribution is 7.90. The highest BCUT2D eigenvalue weighted by Gasteiger charge is 2.23. The number of sulfonamides is 1. The van der Waals surface area contributed by atoms with E-state index in [0.717, 1.165) is 12.0 Å². The third-order valence-electron chi connectivity index (χ3n) is 3.92. The second-order valence-corrected chi connectivity index (χ2v) is 7.98. The Labute approximate surface area is 173 Å². The van der Waals surface area contributed by atoms with Crippen molar-refractivity contribution in [2.45, 2.75) is 6.61 Å². The first-order chi connectivity index (χ1) is 14.4. The minimum atomic E-state index is -4.02. The molecule has 0 fully saturated rings. The van der Waals surface area contributed by atoms with Crippen molar-refractivity contribution in [3.05, 3.63) is 78.3 Å². The number of ether oxygens (including phenoxy) is 1. The fourth-order valence-corrected chi connectivity index (χ4v) is 3.36. The number of benzene rings is 2. The first kappa shape index (κ1) is 21.1. The van der Waals surface area contributed by atoms with E-state index in [1.54, 1.807) is 42.5 Å². The summed E-state index contributed by atoms with van der Waals surface area (Å²) in [7, 11) is -4.02. The van der Waals surface area contributed by atoms with Gasteiger partial charge in [0.1, 0.15) is 6.61 Å². The molecule has 0 aliphatic heterocycles. The van der Waals surface area contributed by atoms with Gasteiger partial charge in [-0.2, -0.15) is 0 Å². The number of nitrogens with one attached hydrogen (secondary N) is 2. The van der Waals surface area contributed by atoms with Crippen LogP contribution in [0, 0.1) is 0 Å². The number of amides is 2. The molecule has 3 rings (SSSR count). The molecule has 0 radical (unpaired) electrons. The Morgan fingerprint density at radius 1 is 1.00 bits per heavy atom. The molecule has 0 bridgehead atoms. The van der Waals surface area contributed by atoms with Crippen LogP contribution in [0.2, 0.25) is 0 Å². The van der Waals surface area contributed by atoms with Gasteiger partial charge in [0.2, 0.25) is 10.0 Å². The van der Waals surface area contributed by atoms with Gasteiger partial charge in [0.05, 0.1) is 5.75 Å².